The molecule has 0 N–H and O–H groups in total. The molecule has 1 aliphatic rings. The van der Waals surface area contributed by atoms with Gasteiger partial charge in [-0.15, -0.1) is 0 Å². The molecule has 10 aromatic rings. The molecule has 266 valence electrons. The normalized spacial score (nSPS) is 15.2. The molecule has 0 spiro atoms. The van der Waals surface area contributed by atoms with Crippen molar-refractivity contribution in [1.29, 1.82) is 0 Å². The zero-order valence-corrected chi connectivity index (χ0v) is 31.0. The van der Waals surface area contributed by atoms with Crippen LogP contribution in [0.1, 0.15) is 35.8 Å². The summed E-state index contributed by atoms with van der Waals surface area (Å²) in [6.07, 6.45) is 5.25. The Bertz CT molecular complexity index is 3210. The molecular formula is C51H35N3O2. The minimum atomic E-state index is -0.483. The van der Waals surface area contributed by atoms with Crippen molar-refractivity contribution in [3.8, 4) is 45.3 Å². The Hall–Kier alpha value is -7.11. The molecule has 1 unspecified atom stereocenters. The standard InChI is InChI=1S/C51H35N3O2/c1-31-20-22-33(23-21-31)48-52-49(35-25-24-32-11-3-4-12-34(32)27-35)54-50(53-48)37-28-36(39-15-9-16-42-40-13-5-7-18-44(40)55-46(39)42)29-38(30-37)51(2)26-10-17-43-41-14-6-8-19-45(41)56-47(43)51/h3-25,27-30H,26H2,1-2H3. The first-order valence-corrected chi connectivity index (χ1v) is 19.1. The molecule has 3 heterocycles. The number of aromatic nitrogens is 3. The van der Waals surface area contributed by atoms with Gasteiger partial charge in [-0.25, -0.2) is 15.0 Å². The summed E-state index contributed by atoms with van der Waals surface area (Å²) in [7, 11) is 0. The van der Waals surface area contributed by atoms with E-state index in [1.165, 1.54) is 10.9 Å². The molecule has 11 rings (SSSR count). The Labute approximate surface area is 323 Å². The summed E-state index contributed by atoms with van der Waals surface area (Å²) in [4.78, 5) is 15.6. The molecule has 5 heteroatoms. The van der Waals surface area contributed by atoms with Crippen molar-refractivity contribution in [3.05, 3.63) is 180 Å². The van der Waals surface area contributed by atoms with Crippen molar-refractivity contribution in [2.75, 3.05) is 0 Å². The van der Waals surface area contributed by atoms with Crippen LogP contribution in [0.4, 0.5) is 0 Å². The minimum absolute atomic E-state index is 0.483. The van der Waals surface area contributed by atoms with E-state index in [1.54, 1.807) is 0 Å². The van der Waals surface area contributed by atoms with E-state index < -0.39 is 5.41 Å². The van der Waals surface area contributed by atoms with Gasteiger partial charge in [0, 0.05) is 44.0 Å². The SMILES string of the molecule is Cc1ccc(-c2nc(-c3cc(-c4cccc5c4oc4ccccc45)cc(C4(C)CC=Cc5c4oc4ccccc54)c3)nc(-c3ccc4ccccc4c3)n2)cc1. The van der Waals surface area contributed by atoms with Gasteiger partial charge >= 0.3 is 0 Å². The number of hydrogen-bond donors (Lipinski definition) is 0. The molecule has 0 fully saturated rings. The molecule has 7 aromatic carbocycles. The van der Waals surface area contributed by atoms with Gasteiger partial charge in [0.05, 0.1) is 5.41 Å². The zero-order chi connectivity index (χ0) is 37.4. The van der Waals surface area contributed by atoms with Crippen LogP contribution in [0.25, 0.3) is 95.0 Å². The van der Waals surface area contributed by atoms with Gasteiger partial charge in [0.15, 0.2) is 17.5 Å². The van der Waals surface area contributed by atoms with E-state index in [9.17, 15) is 0 Å². The van der Waals surface area contributed by atoms with E-state index in [4.69, 9.17) is 23.8 Å². The smallest absolute Gasteiger partial charge is 0.164 e. The third-order valence-corrected chi connectivity index (χ3v) is 11.4. The summed E-state index contributed by atoms with van der Waals surface area (Å²) in [5, 5.41) is 5.59. The van der Waals surface area contributed by atoms with E-state index in [1.807, 2.05) is 18.2 Å². The Kier molecular flexibility index (Phi) is 7.20. The Morgan fingerprint density at radius 2 is 1.16 bits per heavy atom. The first kappa shape index (κ1) is 32.3. The predicted octanol–water partition coefficient (Wildman–Crippen LogP) is 13.4. The zero-order valence-electron chi connectivity index (χ0n) is 31.0. The minimum Gasteiger partial charge on any atom is -0.459 e. The van der Waals surface area contributed by atoms with E-state index in [-0.39, 0.29) is 0 Å². The largest absolute Gasteiger partial charge is 0.459 e. The van der Waals surface area contributed by atoms with Gasteiger partial charge in [0.2, 0.25) is 0 Å². The maximum atomic E-state index is 6.75. The van der Waals surface area contributed by atoms with E-state index in [0.717, 1.165) is 89.4 Å². The van der Waals surface area contributed by atoms with Crippen LogP contribution in [0.2, 0.25) is 0 Å². The van der Waals surface area contributed by atoms with Crippen LogP contribution >= 0.6 is 0 Å². The molecule has 0 radical (unpaired) electrons. The summed E-state index contributed by atoms with van der Waals surface area (Å²) >= 11 is 0. The summed E-state index contributed by atoms with van der Waals surface area (Å²) in [5.41, 5.74) is 10.3. The monoisotopic (exact) mass is 721 g/mol. The van der Waals surface area contributed by atoms with Gasteiger partial charge in [0.1, 0.15) is 22.5 Å². The lowest BCUT2D eigenvalue weighted by molar-refractivity contribution is 0.425. The quantitative estimate of drug-likeness (QED) is 0.177. The molecule has 0 saturated carbocycles. The maximum Gasteiger partial charge on any atom is 0.164 e. The summed E-state index contributed by atoms with van der Waals surface area (Å²) in [6.45, 7) is 4.38. The lowest BCUT2D eigenvalue weighted by Crippen LogP contribution is -2.25. The second kappa shape index (κ2) is 12.5. The fourth-order valence-corrected chi connectivity index (χ4v) is 8.39. The summed E-state index contributed by atoms with van der Waals surface area (Å²) in [5.74, 6) is 2.79. The van der Waals surface area contributed by atoms with Crippen molar-refractivity contribution >= 4 is 49.8 Å². The predicted molar refractivity (Wildman–Crippen MR) is 227 cm³/mol. The third kappa shape index (κ3) is 5.19. The topological polar surface area (TPSA) is 65.0 Å². The molecule has 0 bridgehead atoms. The number of para-hydroxylation sites is 3. The van der Waals surface area contributed by atoms with Crippen molar-refractivity contribution in [3.63, 3.8) is 0 Å². The van der Waals surface area contributed by atoms with Crippen LogP contribution in [-0.4, -0.2) is 15.0 Å². The van der Waals surface area contributed by atoms with Crippen LogP contribution in [0.5, 0.6) is 0 Å². The van der Waals surface area contributed by atoms with Crippen molar-refractivity contribution in [1.82, 2.24) is 15.0 Å². The molecule has 56 heavy (non-hydrogen) atoms. The lowest BCUT2D eigenvalue weighted by Gasteiger charge is -2.31. The second-order valence-electron chi connectivity index (χ2n) is 15.1. The number of furan rings is 2. The Balaban J connectivity index is 1.18. The van der Waals surface area contributed by atoms with Crippen LogP contribution in [0, 0.1) is 6.92 Å². The van der Waals surface area contributed by atoms with Crippen molar-refractivity contribution < 1.29 is 8.83 Å². The van der Waals surface area contributed by atoms with Crippen LogP contribution in [-0.2, 0) is 5.41 Å². The van der Waals surface area contributed by atoms with E-state index in [0.29, 0.717) is 17.5 Å². The van der Waals surface area contributed by atoms with Gasteiger partial charge in [-0.1, -0.05) is 133 Å². The first-order chi connectivity index (χ1) is 27.5. The maximum absolute atomic E-state index is 6.75. The van der Waals surface area contributed by atoms with Crippen molar-refractivity contribution in [2.45, 2.75) is 25.7 Å². The second-order valence-corrected chi connectivity index (χ2v) is 15.1. The Morgan fingerprint density at radius 3 is 1.98 bits per heavy atom. The molecule has 1 atom stereocenters. The molecule has 0 aliphatic heterocycles. The third-order valence-electron chi connectivity index (χ3n) is 11.4. The fourth-order valence-electron chi connectivity index (χ4n) is 8.39. The highest BCUT2D eigenvalue weighted by Gasteiger charge is 2.37. The molecule has 0 saturated heterocycles. The molecule has 1 aliphatic carbocycles. The highest BCUT2D eigenvalue weighted by Crippen LogP contribution is 2.47. The van der Waals surface area contributed by atoms with Crippen molar-refractivity contribution in [2.24, 2.45) is 0 Å². The van der Waals surface area contributed by atoms with Gasteiger partial charge in [-0.05, 0) is 78.6 Å². The summed E-state index contributed by atoms with van der Waals surface area (Å²) < 4.78 is 13.4. The van der Waals surface area contributed by atoms with E-state index >= 15 is 0 Å². The molecule has 5 nitrogen and oxygen atoms in total. The number of aryl methyl sites for hydroxylation is 1. The molecule has 0 amide bonds. The van der Waals surface area contributed by atoms with Gasteiger partial charge in [-0.2, -0.15) is 0 Å². The Morgan fingerprint density at radius 1 is 0.518 bits per heavy atom. The average Bonchev–Trinajstić information content (AvgIpc) is 3.83. The molecule has 3 aromatic heterocycles. The molecular weight excluding hydrogens is 687 g/mol. The highest BCUT2D eigenvalue weighted by molar-refractivity contribution is 6.09. The number of benzene rings is 7. The average molecular weight is 722 g/mol. The van der Waals surface area contributed by atoms with Crippen LogP contribution in [0.3, 0.4) is 0 Å². The van der Waals surface area contributed by atoms with Gasteiger partial charge < -0.3 is 8.83 Å². The number of rotatable bonds is 5. The van der Waals surface area contributed by atoms with E-state index in [2.05, 4.69) is 159 Å². The van der Waals surface area contributed by atoms with Crippen LogP contribution in [0.15, 0.2) is 167 Å². The fraction of sp³-hybridized carbons (Fsp3) is 0.0784. The summed E-state index contributed by atoms with van der Waals surface area (Å²) in [6, 6.07) is 52.8. The number of fused-ring (bicyclic) bond motifs is 7. The number of hydrogen-bond acceptors (Lipinski definition) is 5. The lowest BCUT2D eigenvalue weighted by atomic mass is 9.72. The van der Waals surface area contributed by atoms with Gasteiger partial charge in [0.25, 0.3) is 0 Å². The highest BCUT2D eigenvalue weighted by atomic mass is 16.3. The number of allylic oxidation sites excluding steroid dienone is 1. The van der Waals surface area contributed by atoms with Crippen LogP contribution < -0.4 is 0 Å². The number of nitrogens with zero attached hydrogens (tertiary/aromatic N) is 3. The first-order valence-electron chi connectivity index (χ1n) is 19.1. The van der Waals surface area contributed by atoms with Gasteiger partial charge in [-0.3, -0.25) is 0 Å².